The quantitative estimate of drug-likeness (QED) is 0.762. The molecule has 1 saturated carbocycles. The molecule has 0 amide bonds. The third-order valence-corrected chi connectivity index (χ3v) is 4.05. The minimum absolute atomic E-state index is 0.811. The van der Waals surface area contributed by atoms with Gasteiger partial charge in [-0.3, -0.25) is 0 Å². The van der Waals surface area contributed by atoms with E-state index in [-0.39, 0.29) is 0 Å². The Labute approximate surface area is 103 Å². The van der Waals surface area contributed by atoms with Gasteiger partial charge in [0.15, 0.2) is 0 Å². The van der Waals surface area contributed by atoms with Crippen LogP contribution in [-0.4, -0.2) is 12.6 Å². The second-order valence-corrected chi connectivity index (χ2v) is 6.49. The molecule has 0 saturated heterocycles. The summed E-state index contributed by atoms with van der Waals surface area (Å²) in [6.07, 6.45) is 5.40. The maximum Gasteiger partial charge on any atom is 0.00683 e. The van der Waals surface area contributed by atoms with Crippen molar-refractivity contribution in [2.45, 2.75) is 45.6 Å². The molecule has 1 fully saturated rings. The first-order valence-corrected chi connectivity index (χ1v) is 7.37. The van der Waals surface area contributed by atoms with Gasteiger partial charge >= 0.3 is 0 Å². The summed E-state index contributed by atoms with van der Waals surface area (Å²) in [5.41, 5.74) is 0. The average molecular weight is 237 g/mol. The largest absolute Gasteiger partial charge is 0.314 e. The van der Waals surface area contributed by atoms with Crippen LogP contribution in [0.1, 0.15) is 38.0 Å². The Hall–Kier alpha value is -0.340. The topological polar surface area (TPSA) is 12.0 Å². The fourth-order valence-corrected chi connectivity index (χ4v) is 3.06. The van der Waals surface area contributed by atoms with Crippen molar-refractivity contribution in [3.05, 3.63) is 22.4 Å². The van der Waals surface area contributed by atoms with E-state index in [2.05, 4.69) is 36.7 Å². The van der Waals surface area contributed by atoms with Crippen LogP contribution in [0.25, 0.3) is 0 Å². The molecule has 1 aliphatic rings. The second-order valence-electron chi connectivity index (χ2n) is 5.46. The van der Waals surface area contributed by atoms with Crippen molar-refractivity contribution in [1.29, 1.82) is 0 Å². The van der Waals surface area contributed by atoms with E-state index in [1.54, 1.807) is 4.88 Å². The fourth-order valence-electron chi connectivity index (χ4n) is 2.24. The van der Waals surface area contributed by atoms with Crippen molar-refractivity contribution in [1.82, 2.24) is 5.32 Å². The molecule has 1 nitrogen and oxygen atoms in total. The van der Waals surface area contributed by atoms with Gasteiger partial charge in [0.05, 0.1) is 0 Å². The van der Waals surface area contributed by atoms with Gasteiger partial charge in [-0.25, -0.2) is 0 Å². The molecule has 2 rings (SSSR count). The van der Waals surface area contributed by atoms with Gasteiger partial charge in [-0.2, -0.15) is 0 Å². The van der Waals surface area contributed by atoms with Crippen LogP contribution in [0, 0.1) is 11.8 Å². The van der Waals surface area contributed by atoms with Crippen LogP contribution >= 0.6 is 11.3 Å². The van der Waals surface area contributed by atoms with E-state index in [0.29, 0.717) is 0 Å². The van der Waals surface area contributed by atoms with Gasteiger partial charge in [-0.15, -0.1) is 11.3 Å². The molecule has 1 heterocycles. The first-order valence-electron chi connectivity index (χ1n) is 6.50. The van der Waals surface area contributed by atoms with E-state index in [1.807, 2.05) is 11.3 Å². The normalized spacial score (nSPS) is 17.9. The predicted octanol–water partition coefficient (Wildman–Crippen LogP) is 3.70. The van der Waals surface area contributed by atoms with Crippen molar-refractivity contribution in [2.24, 2.45) is 11.8 Å². The molecule has 0 bridgehead atoms. The number of hydrogen-bond acceptors (Lipinski definition) is 2. The Bertz CT molecular complexity index is 288. The summed E-state index contributed by atoms with van der Waals surface area (Å²) in [6.45, 7) is 5.87. The minimum Gasteiger partial charge on any atom is -0.314 e. The third kappa shape index (κ3) is 4.26. The Morgan fingerprint density at radius 2 is 2.25 bits per heavy atom. The Morgan fingerprint density at radius 3 is 2.81 bits per heavy atom. The van der Waals surface area contributed by atoms with E-state index in [1.165, 1.54) is 32.2 Å². The molecule has 0 aromatic carbocycles. The first-order chi connectivity index (χ1) is 7.74. The van der Waals surface area contributed by atoms with Crippen molar-refractivity contribution in [3.63, 3.8) is 0 Å². The van der Waals surface area contributed by atoms with Crippen LogP contribution in [0.15, 0.2) is 17.5 Å². The van der Waals surface area contributed by atoms with Gasteiger partial charge in [-0.1, -0.05) is 19.9 Å². The molecular formula is C14H23NS. The summed E-state index contributed by atoms with van der Waals surface area (Å²) < 4.78 is 0. The van der Waals surface area contributed by atoms with Crippen LogP contribution in [0.4, 0.5) is 0 Å². The molecule has 1 unspecified atom stereocenters. The summed E-state index contributed by atoms with van der Waals surface area (Å²) >= 11 is 1.90. The Morgan fingerprint density at radius 1 is 1.44 bits per heavy atom. The van der Waals surface area contributed by atoms with Crippen LogP contribution in [0.3, 0.4) is 0 Å². The van der Waals surface area contributed by atoms with E-state index < -0.39 is 0 Å². The zero-order valence-electron chi connectivity index (χ0n) is 10.4. The van der Waals surface area contributed by atoms with Gasteiger partial charge in [0.25, 0.3) is 0 Å². The predicted molar refractivity (Wildman–Crippen MR) is 72.0 cm³/mol. The van der Waals surface area contributed by atoms with Crippen molar-refractivity contribution >= 4 is 11.3 Å². The highest BCUT2D eigenvalue weighted by molar-refractivity contribution is 7.09. The minimum atomic E-state index is 0.811. The van der Waals surface area contributed by atoms with E-state index in [0.717, 1.165) is 17.9 Å². The molecule has 90 valence electrons. The van der Waals surface area contributed by atoms with Gasteiger partial charge in [0.2, 0.25) is 0 Å². The molecule has 1 N–H and O–H groups in total. The van der Waals surface area contributed by atoms with Gasteiger partial charge in [0.1, 0.15) is 0 Å². The monoisotopic (exact) mass is 237 g/mol. The maximum atomic E-state index is 3.68. The zero-order valence-corrected chi connectivity index (χ0v) is 11.2. The van der Waals surface area contributed by atoms with Gasteiger partial charge in [0, 0.05) is 10.9 Å². The summed E-state index contributed by atoms with van der Waals surface area (Å²) in [5, 5.41) is 5.87. The van der Waals surface area contributed by atoms with Crippen LogP contribution in [0.5, 0.6) is 0 Å². The Kier molecular flexibility index (Phi) is 4.42. The zero-order chi connectivity index (χ0) is 11.4. The van der Waals surface area contributed by atoms with Crippen LogP contribution < -0.4 is 5.32 Å². The lowest BCUT2D eigenvalue weighted by Crippen LogP contribution is -2.26. The van der Waals surface area contributed by atoms with Gasteiger partial charge < -0.3 is 5.32 Å². The summed E-state index contributed by atoms with van der Waals surface area (Å²) in [4.78, 5) is 1.54. The van der Waals surface area contributed by atoms with E-state index in [9.17, 15) is 0 Å². The van der Waals surface area contributed by atoms with Crippen molar-refractivity contribution in [2.75, 3.05) is 6.54 Å². The smallest absolute Gasteiger partial charge is 0.00683 e. The standard InChI is InChI=1S/C14H23NS/c1-11(2)8-12(10-15-13-5-6-13)9-14-4-3-7-16-14/h3-4,7,11-13,15H,5-6,8-10H2,1-2H3. The summed E-state index contributed by atoms with van der Waals surface area (Å²) in [7, 11) is 0. The van der Waals surface area contributed by atoms with Crippen molar-refractivity contribution < 1.29 is 0 Å². The molecule has 16 heavy (non-hydrogen) atoms. The van der Waals surface area contributed by atoms with Crippen LogP contribution in [0.2, 0.25) is 0 Å². The van der Waals surface area contributed by atoms with Gasteiger partial charge in [-0.05, 0) is 55.5 Å². The number of hydrogen-bond donors (Lipinski definition) is 1. The molecule has 0 spiro atoms. The molecule has 0 aliphatic heterocycles. The lowest BCUT2D eigenvalue weighted by Gasteiger charge is -2.19. The second kappa shape index (κ2) is 5.83. The summed E-state index contributed by atoms with van der Waals surface area (Å²) in [6, 6.07) is 5.29. The fraction of sp³-hybridized carbons (Fsp3) is 0.714. The number of rotatable bonds is 7. The third-order valence-electron chi connectivity index (χ3n) is 3.15. The molecule has 1 aromatic rings. The molecule has 2 heteroatoms. The van der Waals surface area contributed by atoms with Crippen molar-refractivity contribution in [3.8, 4) is 0 Å². The lowest BCUT2D eigenvalue weighted by molar-refractivity contribution is 0.386. The first kappa shape index (κ1) is 12.1. The molecular weight excluding hydrogens is 214 g/mol. The van der Waals surface area contributed by atoms with E-state index in [4.69, 9.17) is 0 Å². The lowest BCUT2D eigenvalue weighted by atomic mass is 9.93. The molecule has 1 aliphatic carbocycles. The molecule has 1 aromatic heterocycles. The highest BCUT2D eigenvalue weighted by Crippen LogP contribution is 2.23. The Balaban J connectivity index is 1.80. The number of nitrogens with one attached hydrogen (secondary N) is 1. The maximum absolute atomic E-state index is 3.68. The number of thiophene rings is 1. The van der Waals surface area contributed by atoms with E-state index >= 15 is 0 Å². The van der Waals surface area contributed by atoms with Crippen LogP contribution in [-0.2, 0) is 6.42 Å². The molecule has 1 atom stereocenters. The molecule has 0 radical (unpaired) electrons. The highest BCUT2D eigenvalue weighted by atomic mass is 32.1. The SMILES string of the molecule is CC(C)CC(CNC1CC1)Cc1cccs1. The summed E-state index contributed by atoms with van der Waals surface area (Å²) in [5.74, 6) is 1.63. The highest BCUT2D eigenvalue weighted by Gasteiger charge is 2.22. The average Bonchev–Trinajstić information content (AvgIpc) is 2.92.